The number of aryl methyl sites for hydroxylation is 2. The van der Waals surface area contributed by atoms with Gasteiger partial charge in [0.15, 0.2) is 19.7 Å². The Hall–Kier alpha value is -9.70. The third-order valence-electron chi connectivity index (χ3n) is 16.4. The van der Waals surface area contributed by atoms with Crippen molar-refractivity contribution in [1.82, 2.24) is 14.1 Å². The highest BCUT2D eigenvalue weighted by Crippen LogP contribution is 2.32. The molecule has 0 saturated carbocycles. The minimum atomic E-state index is -3.40. The molecular formula is C89H78Cl6IN3O10S2. The molecule has 2 N–H and O–H groups in total. The van der Waals surface area contributed by atoms with Crippen LogP contribution in [-0.4, -0.2) is 72.9 Å². The van der Waals surface area contributed by atoms with Crippen molar-refractivity contribution in [3.63, 3.8) is 0 Å². The van der Waals surface area contributed by atoms with Crippen LogP contribution in [0.1, 0.15) is 88.2 Å². The summed E-state index contributed by atoms with van der Waals surface area (Å²) < 4.78 is 62.7. The van der Waals surface area contributed by atoms with Crippen molar-refractivity contribution in [2.24, 2.45) is 0 Å². The monoisotopic (exact) mass is 1750 g/mol. The molecular weight excluding hydrogens is 1670 g/mol. The smallest absolute Gasteiger partial charge is 0.355 e. The number of hydrogen-bond acceptors (Lipinski definition) is 9. The van der Waals surface area contributed by atoms with E-state index in [2.05, 4.69) is 34.2 Å². The Morgan fingerprint density at radius 3 is 1.27 bits per heavy atom. The number of nitrogens with one attached hydrogen (secondary N) is 1. The predicted molar refractivity (Wildman–Crippen MR) is 463 cm³/mol. The minimum absolute atomic E-state index is 0.0816. The molecule has 13 rings (SSSR count). The van der Waals surface area contributed by atoms with Gasteiger partial charge in [0.05, 0.1) is 32.7 Å². The van der Waals surface area contributed by atoms with Gasteiger partial charge in [-0.15, -0.1) is 0 Å². The van der Waals surface area contributed by atoms with E-state index < -0.39 is 25.6 Å². The summed E-state index contributed by atoms with van der Waals surface area (Å²) in [6, 6.07) is 82.9. The van der Waals surface area contributed by atoms with Gasteiger partial charge in [-0.25, -0.2) is 31.2 Å². The number of sulfone groups is 2. The lowest BCUT2D eigenvalue weighted by Gasteiger charge is -2.11. The highest BCUT2D eigenvalue weighted by atomic mass is 127. The third kappa shape index (κ3) is 27.0. The lowest BCUT2D eigenvalue weighted by atomic mass is 10.1. The molecule has 3 aromatic heterocycles. The highest BCUT2D eigenvalue weighted by Gasteiger charge is 2.23. The number of nitrogens with zero attached hydrogens (tertiary/aromatic N) is 2. The topological polar surface area (TPSA) is 184 Å². The van der Waals surface area contributed by atoms with Crippen LogP contribution in [0.3, 0.4) is 0 Å². The number of carbonyl (C=O) groups is 3. The van der Waals surface area contributed by atoms with Crippen molar-refractivity contribution in [2.75, 3.05) is 19.0 Å². The molecule has 0 aliphatic heterocycles. The lowest BCUT2D eigenvalue weighted by molar-refractivity contribution is 0.0508. The normalized spacial score (nSPS) is 11.1. The van der Waals surface area contributed by atoms with Crippen molar-refractivity contribution in [2.45, 2.75) is 54.5 Å². The number of H-pyrrole nitrogens is 1. The van der Waals surface area contributed by atoms with Gasteiger partial charge in [-0.05, 0) is 194 Å². The maximum Gasteiger partial charge on any atom is 0.355 e. The molecule has 0 radical (unpaired) electrons. The maximum atomic E-state index is 12.5. The lowest BCUT2D eigenvalue weighted by Crippen LogP contribution is -2.13. The molecule has 0 aliphatic carbocycles. The standard InChI is InChI=1S/C20H18ClNO2.C18H14ClNO2.C15H14ClIO2S.C15H13ClO2S.C13H12ClNO2.C8H7Cl/c1-2-24-20(23)19-18(16-8-10-17(21)11-9-16)12-13-22(19)14-15-6-4-3-5-7-15;19-15-8-6-14(7-9-15)16-10-11-20(17(16)18(21)22)12-13-4-2-1-3-5-13;1-11-2-8-14(9-3-11)20(18,19)10-15(17)12-4-6-13(16)7-5-12;1-12-2-8-15(9-3-12)19(17,18)11-10-13-4-6-14(16)7-5-13;1-2-17-13(16)12-11(7-8-15-12)9-3-5-10(14)6-4-9;1-2-7-3-5-8(9)6-4-7/h3-13H,2,14H2,1H3;1-11H,12H2,(H,21,22);2-9,15H,10H2,1H3;2-11H,1H3;3-8,15H,2H2,1H3;2-6H,1H2/b;;;11-10+;;. The van der Waals surface area contributed by atoms with Crippen LogP contribution in [0.2, 0.25) is 30.1 Å². The molecule has 22 heteroatoms. The Kier molecular flexibility index (Phi) is 33.8. The molecule has 0 spiro atoms. The quantitative estimate of drug-likeness (QED) is 0.0423. The number of esters is 2. The van der Waals surface area contributed by atoms with E-state index in [0.29, 0.717) is 78.2 Å². The average Bonchev–Trinajstić information content (AvgIpc) is 1.67. The van der Waals surface area contributed by atoms with Gasteiger partial charge in [-0.2, -0.15) is 0 Å². The van der Waals surface area contributed by atoms with Gasteiger partial charge in [0, 0.05) is 83.9 Å². The Bertz CT molecular complexity index is 5420. The molecule has 1 unspecified atom stereocenters. The Morgan fingerprint density at radius 2 is 0.847 bits per heavy atom. The molecule has 0 saturated heterocycles. The number of carbonyl (C=O) groups excluding carboxylic acids is 2. The van der Waals surface area contributed by atoms with Gasteiger partial charge < -0.3 is 28.7 Å². The molecule has 570 valence electrons. The van der Waals surface area contributed by atoms with Crippen LogP contribution in [0.25, 0.3) is 45.5 Å². The fourth-order valence-electron chi connectivity index (χ4n) is 10.7. The molecule has 3 heterocycles. The number of ether oxygens (including phenoxy) is 2. The maximum absolute atomic E-state index is 12.5. The third-order valence-corrected chi connectivity index (χ3v) is 22.9. The number of carboxylic acid groups (broad SMARTS) is 1. The van der Waals surface area contributed by atoms with Gasteiger partial charge >= 0.3 is 17.9 Å². The first-order chi connectivity index (χ1) is 53.2. The van der Waals surface area contributed by atoms with E-state index in [1.807, 2.05) is 207 Å². The van der Waals surface area contributed by atoms with E-state index >= 15 is 0 Å². The number of aromatic nitrogens is 3. The van der Waals surface area contributed by atoms with Crippen LogP contribution in [0, 0.1) is 13.8 Å². The summed E-state index contributed by atoms with van der Waals surface area (Å²) in [6.07, 6.45) is 8.79. The first-order valence-corrected chi connectivity index (χ1v) is 41.3. The molecule has 111 heavy (non-hydrogen) atoms. The van der Waals surface area contributed by atoms with E-state index in [9.17, 15) is 36.3 Å². The second-order valence-electron chi connectivity index (χ2n) is 24.5. The summed E-state index contributed by atoms with van der Waals surface area (Å²) in [6.45, 7) is 12.9. The van der Waals surface area contributed by atoms with E-state index in [1.54, 1.807) is 133 Å². The van der Waals surface area contributed by atoms with Crippen LogP contribution in [0.5, 0.6) is 0 Å². The van der Waals surface area contributed by atoms with Crippen LogP contribution >= 0.6 is 92.2 Å². The number of aromatic carboxylic acids is 1. The molecule has 0 fully saturated rings. The highest BCUT2D eigenvalue weighted by molar-refractivity contribution is 14.1. The summed E-state index contributed by atoms with van der Waals surface area (Å²) in [5, 5.41) is 14.8. The molecule has 13 aromatic rings. The molecule has 0 amide bonds. The molecule has 10 aromatic carbocycles. The second kappa shape index (κ2) is 43.2. The SMILES string of the molecule is C=Cc1ccc(Cl)cc1.CCOC(=O)c1[nH]ccc1-c1ccc(Cl)cc1.CCOC(=O)c1c(-c2ccc(Cl)cc2)ccn1Cc1ccccc1.Cc1ccc(S(=O)(=O)/C=C/c2ccc(Cl)cc2)cc1.Cc1ccc(S(=O)(=O)CC(I)c2ccc(Cl)cc2)cc1.O=C(O)c1c(-c2ccc(Cl)cc2)ccn1Cc1ccccc1. The van der Waals surface area contributed by atoms with Gasteiger partial charge in [0.1, 0.15) is 17.1 Å². The molecule has 0 aliphatic rings. The van der Waals surface area contributed by atoms with Gasteiger partial charge in [-0.3, -0.25) is 0 Å². The largest absolute Gasteiger partial charge is 0.477 e. The van der Waals surface area contributed by atoms with Crippen molar-refractivity contribution < 1.29 is 45.8 Å². The molecule has 1 atom stereocenters. The Balaban J connectivity index is 0.000000170. The summed E-state index contributed by atoms with van der Waals surface area (Å²) >= 11 is 37.1. The zero-order chi connectivity index (χ0) is 80.0. The minimum Gasteiger partial charge on any atom is -0.477 e. The average molecular weight is 1750 g/mol. The van der Waals surface area contributed by atoms with E-state index in [1.165, 1.54) is 5.41 Å². The molecule has 0 bridgehead atoms. The summed E-state index contributed by atoms with van der Waals surface area (Å²) in [5.41, 5.74) is 13.5. The van der Waals surface area contributed by atoms with Crippen molar-refractivity contribution >= 4 is 142 Å². The fourth-order valence-corrected chi connectivity index (χ4v) is 15.6. The number of aromatic amines is 1. The van der Waals surface area contributed by atoms with E-state index in [4.69, 9.17) is 79.1 Å². The number of halogens is 7. The first kappa shape index (κ1) is 86.9. The van der Waals surface area contributed by atoms with E-state index in [0.717, 1.165) is 71.8 Å². The first-order valence-electron chi connectivity index (χ1n) is 34.6. The number of carboxylic acids is 1. The van der Waals surface area contributed by atoms with E-state index in [-0.39, 0.29) is 27.3 Å². The number of benzene rings is 10. The number of hydrogen-bond donors (Lipinski definition) is 2. The Morgan fingerprint density at radius 1 is 0.468 bits per heavy atom. The van der Waals surface area contributed by atoms with Crippen molar-refractivity contribution in [1.29, 1.82) is 0 Å². The number of alkyl halides is 1. The van der Waals surface area contributed by atoms with Gasteiger partial charge in [0.25, 0.3) is 0 Å². The van der Waals surface area contributed by atoms with Gasteiger partial charge in [-0.1, -0.05) is 274 Å². The molecule has 13 nitrogen and oxygen atoms in total. The van der Waals surface area contributed by atoms with Gasteiger partial charge in [0.2, 0.25) is 0 Å². The summed E-state index contributed by atoms with van der Waals surface area (Å²) in [5.74, 6) is -1.52. The second-order valence-corrected chi connectivity index (χ2v) is 32.5. The number of rotatable bonds is 20. The predicted octanol–water partition coefficient (Wildman–Crippen LogP) is 24.8. The Labute approximate surface area is 692 Å². The van der Waals surface area contributed by atoms with Crippen LogP contribution < -0.4 is 0 Å². The van der Waals surface area contributed by atoms with Crippen molar-refractivity contribution in [3.8, 4) is 33.4 Å². The fraction of sp³-hybridized carbons (Fsp3) is 0.112. The summed E-state index contributed by atoms with van der Waals surface area (Å²) in [7, 11) is -6.67. The van der Waals surface area contributed by atoms with Crippen molar-refractivity contribution in [3.05, 3.63) is 390 Å². The summed E-state index contributed by atoms with van der Waals surface area (Å²) in [4.78, 5) is 39.4. The van der Waals surface area contributed by atoms with Crippen LogP contribution in [0.15, 0.2) is 313 Å². The zero-order valence-electron chi connectivity index (χ0n) is 60.7. The van der Waals surface area contributed by atoms with Crippen LogP contribution in [-0.2, 0) is 42.2 Å². The van der Waals surface area contributed by atoms with Crippen LogP contribution in [0.4, 0.5) is 0 Å². The zero-order valence-corrected chi connectivity index (χ0v) is 69.1.